The van der Waals surface area contributed by atoms with Gasteiger partial charge in [-0.15, -0.1) is 0 Å². The molecule has 27 heavy (non-hydrogen) atoms. The maximum absolute atomic E-state index is 12.6. The number of methoxy groups -OCH3 is 1. The van der Waals surface area contributed by atoms with Gasteiger partial charge in [0.05, 0.1) is 0 Å². The summed E-state index contributed by atoms with van der Waals surface area (Å²) in [6, 6.07) is 7.58. The van der Waals surface area contributed by atoms with E-state index in [0.717, 1.165) is 36.7 Å². The number of nitrogens with one attached hydrogen (secondary N) is 1. The summed E-state index contributed by atoms with van der Waals surface area (Å²) in [6.07, 6.45) is 5.33. The molecule has 0 bridgehead atoms. The number of likely N-dealkylation sites (tertiary alicyclic amines) is 1. The summed E-state index contributed by atoms with van der Waals surface area (Å²) in [6.45, 7) is 10.3. The molecule has 0 aromatic heterocycles. The Morgan fingerprint density at radius 1 is 1.33 bits per heavy atom. The molecule has 1 N–H and O–H groups in total. The van der Waals surface area contributed by atoms with Gasteiger partial charge >= 0.3 is 0 Å². The third-order valence-corrected chi connectivity index (χ3v) is 5.47. The molecule has 1 aromatic carbocycles. The van der Waals surface area contributed by atoms with Crippen molar-refractivity contribution in [1.82, 2.24) is 4.90 Å². The van der Waals surface area contributed by atoms with Gasteiger partial charge in [-0.1, -0.05) is 26.7 Å². The van der Waals surface area contributed by atoms with Crippen molar-refractivity contribution in [2.75, 3.05) is 38.7 Å². The van der Waals surface area contributed by atoms with Gasteiger partial charge in [0.25, 0.3) is 5.91 Å². The molecule has 1 aromatic rings. The highest BCUT2D eigenvalue weighted by Gasteiger charge is 2.32. The number of carbonyl (C=O) groups excluding carboxylic acids is 1. The second-order valence-electron chi connectivity index (χ2n) is 7.91. The second-order valence-corrected chi connectivity index (χ2v) is 7.91. The van der Waals surface area contributed by atoms with Crippen molar-refractivity contribution in [1.29, 1.82) is 0 Å². The molecule has 1 fully saturated rings. The van der Waals surface area contributed by atoms with E-state index in [0.29, 0.717) is 13.0 Å². The lowest BCUT2D eigenvalue weighted by atomic mass is 9.97. The van der Waals surface area contributed by atoms with Crippen LogP contribution in [0.25, 0.3) is 0 Å². The molecule has 1 aliphatic heterocycles. The van der Waals surface area contributed by atoms with Crippen LogP contribution in [0, 0.1) is 5.92 Å². The van der Waals surface area contributed by atoms with Gasteiger partial charge in [-0.3, -0.25) is 9.69 Å². The van der Waals surface area contributed by atoms with Crippen molar-refractivity contribution in [3.8, 4) is 5.75 Å². The number of piperidine rings is 1. The Labute approximate surface area is 164 Å². The first-order valence-electron chi connectivity index (χ1n) is 10.3. The minimum Gasteiger partial charge on any atom is -0.492 e. The monoisotopic (exact) mass is 376 g/mol. The van der Waals surface area contributed by atoms with Gasteiger partial charge in [-0.05, 0) is 62.9 Å². The number of hydrogen-bond donors (Lipinski definition) is 1. The van der Waals surface area contributed by atoms with E-state index in [1.807, 2.05) is 31.2 Å². The fourth-order valence-electron chi connectivity index (χ4n) is 3.50. The van der Waals surface area contributed by atoms with E-state index in [1.54, 1.807) is 7.11 Å². The fraction of sp³-hybridized carbons (Fsp3) is 0.682. The maximum atomic E-state index is 12.6. The molecule has 2 unspecified atom stereocenters. The van der Waals surface area contributed by atoms with E-state index in [9.17, 15) is 4.79 Å². The largest absolute Gasteiger partial charge is 0.492 e. The predicted molar refractivity (Wildman–Crippen MR) is 110 cm³/mol. The molecular weight excluding hydrogens is 340 g/mol. The van der Waals surface area contributed by atoms with Crippen LogP contribution in [0.2, 0.25) is 0 Å². The van der Waals surface area contributed by atoms with Gasteiger partial charge in [0.15, 0.2) is 0 Å². The van der Waals surface area contributed by atoms with Gasteiger partial charge < -0.3 is 14.8 Å². The molecular formula is C22H36N2O3. The van der Waals surface area contributed by atoms with Gasteiger partial charge in [0.2, 0.25) is 0 Å². The van der Waals surface area contributed by atoms with Gasteiger partial charge in [0, 0.05) is 25.9 Å². The number of carbonyl (C=O) groups is 1. The van der Waals surface area contributed by atoms with Crippen LogP contribution in [0.15, 0.2) is 24.3 Å². The van der Waals surface area contributed by atoms with Crippen molar-refractivity contribution >= 4 is 11.6 Å². The third kappa shape index (κ3) is 6.82. The first-order valence-corrected chi connectivity index (χ1v) is 10.3. The highest BCUT2D eigenvalue weighted by atomic mass is 16.5. The Balaban J connectivity index is 1.79. The normalized spacial score (nSPS) is 20.1. The van der Waals surface area contributed by atoms with E-state index < -0.39 is 5.60 Å². The van der Waals surface area contributed by atoms with Crippen LogP contribution in [-0.2, 0) is 9.53 Å². The summed E-state index contributed by atoms with van der Waals surface area (Å²) in [4.78, 5) is 15.0. The smallest absolute Gasteiger partial charge is 0.256 e. The van der Waals surface area contributed by atoms with Crippen molar-refractivity contribution in [2.45, 2.75) is 58.5 Å². The number of benzene rings is 1. The summed E-state index contributed by atoms with van der Waals surface area (Å²) in [7, 11) is 1.59. The van der Waals surface area contributed by atoms with Gasteiger partial charge in [-0.25, -0.2) is 0 Å². The van der Waals surface area contributed by atoms with Crippen LogP contribution in [0.1, 0.15) is 52.9 Å². The SMILES string of the molecule is CCCCC(C)(OC)C(=O)Nc1ccc(OCCN2CCCC(C)C2)cc1. The van der Waals surface area contributed by atoms with Crippen LogP contribution >= 0.6 is 0 Å². The molecule has 1 heterocycles. The standard InChI is InChI=1S/C22H36N2O3/c1-5-6-13-22(3,26-4)21(25)23-19-9-11-20(12-10-19)27-16-15-24-14-7-8-18(2)17-24/h9-12,18H,5-8,13-17H2,1-4H3,(H,23,25). The van der Waals surface area contributed by atoms with Crippen molar-refractivity contribution in [3.63, 3.8) is 0 Å². The molecule has 0 saturated carbocycles. The van der Waals surface area contributed by atoms with Gasteiger partial charge in [-0.2, -0.15) is 0 Å². The third-order valence-electron chi connectivity index (χ3n) is 5.47. The van der Waals surface area contributed by atoms with Crippen LogP contribution in [0.5, 0.6) is 5.75 Å². The van der Waals surface area contributed by atoms with Crippen LogP contribution in [-0.4, -0.2) is 49.8 Å². The Morgan fingerprint density at radius 2 is 2.07 bits per heavy atom. The minimum atomic E-state index is -0.795. The summed E-state index contributed by atoms with van der Waals surface area (Å²) >= 11 is 0. The number of ether oxygens (including phenoxy) is 2. The zero-order valence-electron chi connectivity index (χ0n) is 17.4. The van der Waals surface area contributed by atoms with E-state index in [1.165, 1.54) is 25.9 Å². The molecule has 5 nitrogen and oxygen atoms in total. The molecule has 1 amide bonds. The number of unbranched alkanes of at least 4 members (excludes halogenated alkanes) is 1. The van der Waals surface area contributed by atoms with Crippen LogP contribution in [0.4, 0.5) is 5.69 Å². The molecule has 2 rings (SSSR count). The zero-order valence-corrected chi connectivity index (χ0v) is 17.4. The molecule has 1 aliphatic rings. The summed E-state index contributed by atoms with van der Waals surface area (Å²) in [5.41, 5.74) is -0.0338. The summed E-state index contributed by atoms with van der Waals surface area (Å²) < 4.78 is 11.3. The fourth-order valence-corrected chi connectivity index (χ4v) is 3.50. The summed E-state index contributed by atoms with van der Waals surface area (Å²) in [5.74, 6) is 1.52. The highest BCUT2D eigenvalue weighted by molar-refractivity contribution is 5.97. The topological polar surface area (TPSA) is 50.8 Å². The van der Waals surface area contributed by atoms with Crippen molar-refractivity contribution < 1.29 is 14.3 Å². The molecule has 152 valence electrons. The first kappa shape index (κ1) is 21.7. The van der Waals surface area contributed by atoms with Crippen molar-refractivity contribution in [3.05, 3.63) is 24.3 Å². The molecule has 0 radical (unpaired) electrons. The predicted octanol–water partition coefficient (Wildman–Crippen LogP) is 4.33. The highest BCUT2D eigenvalue weighted by Crippen LogP contribution is 2.22. The molecule has 5 heteroatoms. The number of hydrogen-bond acceptors (Lipinski definition) is 4. The molecule has 0 spiro atoms. The lowest BCUT2D eigenvalue weighted by molar-refractivity contribution is -0.136. The van der Waals surface area contributed by atoms with E-state index >= 15 is 0 Å². The van der Waals surface area contributed by atoms with Gasteiger partial charge in [0.1, 0.15) is 18.0 Å². The van der Waals surface area contributed by atoms with Crippen LogP contribution in [0.3, 0.4) is 0 Å². The Kier molecular flexibility index (Phi) is 8.58. The maximum Gasteiger partial charge on any atom is 0.256 e. The van der Waals surface area contributed by atoms with E-state index in [2.05, 4.69) is 24.1 Å². The Hall–Kier alpha value is -1.59. The average Bonchev–Trinajstić information content (AvgIpc) is 2.67. The number of rotatable bonds is 10. The van der Waals surface area contributed by atoms with E-state index in [4.69, 9.17) is 9.47 Å². The zero-order chi connectivity index (χ0) is 19.7. The molecule has 0 aliphatic carbocycles. The molecule has 1 saturated heterocycles. The number of anilines is 1. The number of amides is 1. The second kappa shape index (κ2) is 10.7. The van der Waals surface area contributed by atoms with Crippen LogP contribution < -0.4 is 10.1 Å². The quantitative estimate of drug-likeness (QED) is 0.660. The van der Waals surface area contributed by atoms with Crippen molar-refractivity contribution in [2.24, 2.45) is 5.92 Å². The summed E-state index contributed by atoms with van der Waals surface area (Å²) in [5, 5.41) is 2.95. The minimum absolute atomic E-state index is 0.105. The molecule has 2 atom stereocenters. The Bertz CT molecular complexity index is 575. The lowest BCUT2D eigenvalue weighted by Gasteiger charge is -2.30. The first-order chi connectivity index (χ1) is 13.0. The average molecular weight is 377 g/mol. The number of nitrogens with zero attached hydrogens (tertiary/aromatic N) is 1. The van der Waals surface area contributed by atoms with E-state index in [-0.39, 0.29) is 5.91 Å². The lowest BCUT2D eigenvalue weighted by Crippen LogP contribution is -2.41. The Morgan fingerprint density at radius 3 is 2.70 bits per heavy atom.